The van der Waals surface area contributed by atoms with E-state index in [1.165, 1.54) is 16.8 Å². The maximum absolute atomic E-state index is 5.98. The summed E-state index contributed by atoms with van der Waals surface area (Å²) in [6.07, 6.45) is 3.07. The van der Waals surface area contributed by atoms with Crippen LogP contribution in [0, 0.1) is 6.92 Å². The van der Waals surface area contributed by atoms with Crippen LogP contribution in [0.15, 0.2) is 54.7 Å². The van der Waals surface area contributed by atoms with Gasteiger partial charge in [-0.05, 0) is 67.0 Å². The summed E-state index contributed by atoms with van der Waals surface area (Å²) in [5, 5.41) is 4.28. The van der Waals surface area contributed by atoms with Crippen molar-refractivity contribution >= 4 is 23.0 Å². The summed E-state index contributed by atoms with van der Waals surface area (Å²) >= 11 is 5.98. The number of methoxy groups -OCH3 is 2. The number of hydrogen-bond donors (Lipinski definition) is 1. The Balaban J connectivity index is 1.77. The van der Waals surface area contributed by atoms with Gasteiger partial charge in [-0.15, -0.1) is 0 Å². The van der Waals surface area contributed by atoms with Crippen LogP contribution < -0.4 is 14.8 Å². The number of ether oxygens (including phenoxy) is 2. The molecule has 0 fully saturated rings. The largest absolute Gasteiger partial charge is 0.497 e. The van der Waals surface area contributed by atoms with Gasteiger partial charge in [-0.2, -0.15) is 0 Å². The number of nitrogens with one attached hydrogen (secondary N) is 1. The van der Waals surface area contributed by atoms with Crippen LogP contribution in [0.4, 0.5) is 5.69 Å². The second kappa shape index (κ2) is 9.02. The summed E-state index contributed by atoms with van der Waals surface area (Å²) < 4.78 is 13.5. The highest BCUT2D eigenvalue weighted by Gasteiger charge is 2.33. The highest BCUT2D eigenvalue weighted by atomic mass is 32.1. The van der Waals surface area contributed by atoms with Crippen molar-refractivity contribution < 1.29 is 9.47 Å². The molecule has 0 radical (unpaired) electrons. The molecule has 1 aliphatic heterocycles. The fourth-order valence-corrected chi connectivity index (χ4v) is 4.66. The normalized spacial score (nSPS) is 15.4. The molecule has 0 unspecified atom stereocenters. The van der Waals surface area contributed by atoms with Gasteiger partial charge < -0.3 is 24.3 Å². The highest BCUT2D eigenvalue weighted by molar-refractivity contribution is 7.80. The smallest absolute Gasteiger partial charge is 0.174 e. The quantitative estimate of drug-likeness (QED) is 0.559. The maximum Gasteiger partial charge on any atom is 0.174 e. The van der Waals surface area contributed by atoms with E-state index in [4.69, 9.17) is 21.7 Å². The Morgan fingerprint density at radius 3 is 2.68 bits per heavy atom. The van der Waals surface area contributed by atoms with Crippen LogP contribution in [-0.2, 0) is 13.0 Å². The van der Waals surface area contributed by atoms with E-state index in [-0.39, 0.29) is 6.04 Å². The van der Waals surface area contributed by atoms with Gasteiger partial charge in [-0.1, -0.05) is 25.1 Å². The molecule has 0 amide bonds. The van der Waals surface area contributed by atoms with Gasteiger partial charge in [0.1, 0.15) is 17.5 Å². The molecule has 2 aromatic carbocycles. The van der Waals surface area contributed by atoms with Gasteiger partial charge in [0.2, 0.25) is 0 Å². The van der Waals surface area contributed by atoms with E-state index in [0.717, 1.165) is 42.3 Å². The van der Waals surface area contributed by atoms with Gasteiger partial charge in [0.25, 0.3) is 0 Å². The van der Waals surface area contributed by atoms with Crippen molar-refractivity contribution in [1.29, 1.82) is 0 Å². The number of benzene rings is 2. The monoisotopic (exact) mass is 435 g/mol. The maximum atomic E-state index is 5.98. The summed E-state index contributed by atoms with van der Waals surface area (Å²) in [5.74, 6) is 1.61. The van der Waals surface area contributed by atoms with Crippen molar-refractivity contribution in [3.05, 3.63) is 77.1 Å². The van der Waals surface area contributed by atoms with Crippen molar-refractivity contribution in [2.45, 2.75) is 32.9 Å². The lowest BCUT2D eigenvalue weighted by Gasteiger charge is -2.39. The van der Waals surface area contributed by atoms with E-state index < -0.39 is 0 Å². The number of anilines is 1. The van der Waals surface area contributed by atoms with Crippen LogP contribution in [0.3, 0.4) is 0 Å². The molecule has 0 saturated carbocycles. The molecule has 0 saturated heterocycles. The third-order valence-electron chi connectivity index (χ3n) is 6.00. The van der Waals surface area contributed by atoms with Gasteiger partial charge in [0.05, 0.1) is 14.2 Å². The Labute approximate surface area is 189 Å². The predicted molar refractivity (Wildman–Crippen MR) is 129 cm³/mol. The molecule has 1 aliphatic rings. The fraction of sp³-hybridized carbons (Fsp3) is 0.320. The molecule has 1 aromatic heterocycles. The first-order valence-corrected chi connectivity index (χ1v) is 11.0. The van der Waals surface area contributed by atoms with E-state index in [9.17, 15) is 0 Å². The SMILES string of the molecule is CCc1cccc(C)c1NC(=S)N1CCn2cccc2[C@H]1c1cc(OC)ccc1OC. The average Bonchev–Trinajstić information content (AvgIpc) is 3.28. The van der Waals surface area contributed by atoms with Gasteiger partial charge in [-0.25, -0.2) is 0 Å². The molecule has 0 bridgehead atoms. The van der Waals surface area contributed by atoms with Crippen LogP contribution in [0.25, 0.3) is 0 Å². The fourth-order valence-electron chi connectivity index (χ4n) is 4.36. The van der Waals surface area contributed by atoms with E-state index in [1.807, 2.05) is 18.2 Å². The second-order valence-electron chi connectivity index (χ2n) is 7.72. The van der Waals surface area contributed by atoms with Crippen molar-refractivity contribution in [3.8, 4) is 11.5 Å². The van der Waals surface area contributed by atoms with Crippen molar-refractivity contribution in [1.82, 2.24) is 9.47 Å². The molecular weight excluding hydrogens is 406 g/mol. The van der Waals surface area contributed by atoms with E-state index >= 15 is 0 Å². The van der Waals surface area contributed by atoms with Crippen molar-refractivity contribution in [2.24, 2.45) is 0 Å². The topological polar surface area (TPSA) is 38.7 Å². The van der Waals surface area contributed by atoms with Crippen LogP contribution in [-0.4, -0.2) is 35.3 Å². The Kier molecular flexibility index (Phi) is 6.18. The molecule has 3 aromatic rings. The van der Waals surface area contributed by atoms with Gasteiger partial charge in [0.15, 0.2) is 5.11 Å². The standard InChI is InChI=1S/C25H29N3O2S/c1-5-18-9-6-8-17(2)23(18)26-25(31)28-15-14-27-13-7-10-21(27)24(28)20-16-19(29-3)11-12-22(20)30-4/h6-13,16,24H,5,14-15H2,1-4H3,(H,26,31)/t24-/m1/s1. The van der Waals surface area contributed by atoms with Crippen LogP contribution in [0.5, 0.6) is 11.5 Å². The molecule has 4 rings (SSSR count). The molecule has 2 heterocycles. The molecule has 1 atom stereocenters. The van der Waals surface area contributed by atoms with Crippen LogP contribution in [0.1, 0.15) is 35.3 Å². The Morgan fingerprint density at radius 1 is 1.10 bits per heavy atom. The molecule has 31 heavy (non-hydrogen) atoms. The third kappa shape index (κ3) is 4.00. The van der Waals surface area contributed by atoms with Gasteiger partial charge in [0, 0.05) is 36.2 Å². The van der Waals surface area contributed by atoms with Crippen molar-refractivity contribution in [3.63, 3.8) is 0 Å². The number of nitrogens with zero attached hydrogens (tertiary/aromatic N) is 2. The van der Waals surface area contributed by atoms with E-state index in [0.29, 0.717) is 5.11 Å². The second-order valence-corrected chi connectivity index (χ2v) is 8.11. The molecule has 162 valence electrons. The number of rotatable bonds is 5. The zero-order valence-electron chi connectivity index (χ0n) is 18.5. The van der Waals surface area contributed by atoms with Gasteiger partial charge >= 0.3 is 0 Å². The third-order valence-corrected chi connectivity index (χ3v) is 6.34. The number of aryl methyl sites for hydroxylation is 2. The lowest BCUT2D eigenvalue weighted by atomic mass is 9.98. The molecule has 1 N–H and O–H groups in total. The predicted octanol–water partition coefficient (Wildman–Crippen LogP) is 5.18. The molecule has 0 aliphatic carbocycles. The lowest BCUT2D eigenvalue weighted by Crippen LogP contribution is -2.44. The summed E-state index contributed by atoms with van der Waals surface area (Å²) in [4.78, 5) is 2.26. The van der Waals surface area contributed by atoms with Crippen LogP contribution >= 0.6 is 12.2 Å². The lowest BCUT2D eigenvalue weighted by molar-refractivity contribution is 0.284. The first-order valence-electron chi connectivity index (χ1n) is 10.6. The van der Waals surface area contributed by atoms with E-state index in [2.05, 4.69) is 65.2 Å². The minimum atomic E-state index is -0.0807. The number of aromatic nitrogens is 1. The summed E-state index contributed by atoms with van der Waals surface area (Å²) in [5.41, 5.74) is 5.77. The Hall–Kier alpha value is -2.99. The summed E-state index contributed by atoms with van der Waals surface area (Å²) in [7, 11) is 3.39. The molecular formula is C25H29N3O2S. The Bertz CT molecular complexity index is 1090. The minimum absolute atomic E-state index is 0.0807. The van der Waals surface area contributed by atoms with E-state index in [1.54, 1.807) is 14.2 Å². The first kappa shape index (κ1) is 21.2. The minimum Gasteiger partial charge on any atom is -0.497 e. The summed E-state index contributed by atoms with van der Waals surface area (Å²) in [6, 6.07) is 16.5. The molecule has 0 spiro atoms. The zero-order valence-corrected chi connectivity index (χ0v) is 19.3. The zero-order chi connectivity index (χ0) is 22.0. The van der Waals surface area contributed by atoms with Crippen LogP contribution in [0.2, 0.25) is 0 Å². The first-order chi connectivity index (χ1) is 15.1. The number of hydrogen-bond acceptors (Lipinski definition) is 3. The number of thiocarbonyl (C=S) groups is 1. The van der Waals surface area contributed by atoms with Gasteiger partial charge in [-0.3, -0.25) is 0 Å². The molecule has 5 nitrogen and oxygen atoms in total. The average molecular weight is 436 g/mol. The Morgan fingerprint density at radius 2 is 1.94 bits per heavy atom. The summed E-state index contributed by atoms with van der Waals surface area (Å²) in [6.45, 7) is 5.96. The van der Waals surface area contributed by atoms with Crippen molar-refractivity contribution in [2.75, 3.05) is 26.1 Å². The molecule has 6 heteroatoms. The highest BCUT2D eigenvalue weighted by Crippen LogP contribution is 2.39. The number of para-hydroxylation sites is 1. The number of fused-ring (bicyclic) bond motifs is 1.